The molecule has 1 aromatic heterocycles. The van der Waals surface area contributed by atoms with Crippen LogP contribution < -0.4 is 5.32 Å². The van der Waals surface area contributed by atoms with Crippen LogP contribution in [0.15, 0.2) is 48.8 Å². The Hall–Kier alpha value is -1.67. The lowest BCUT2D eigenvalue weighted by Crippen LogP contribution is -2.22. The quantitative estimate of drug-likeness (QED) is 0.867. The van der Waals surface area contributed by atoms with E-state index < -0.39 is 0 Å². The van der Waals surface area contributed by atoms with E-state index in [-0.39, 0.29) is 6.04 Å². The molecule has 0 fully saturated rings. The number of pyridine rings is 1. The van der Waals surface area contributed by atoms with E-state index >= 15 is 0 Å². The highest BCUT2D eigenvalue weighted by atomic mass is 14.9. The number of aryl methyl sites for hydroxylation is 1. The first-order valence-corrected chi connectivity index (χ1v) is 6.57. The Kier molecular flexibility index (Phi) is 4.48. The normalized spacial score (nSPS) is 12.3. The van der Waals surface area contributed by atoms with Crippen LogP contribution in [0.5, 0.6) is 0 Å². The molecule has 2 heteroatoms. The zero-order chi connectivity index (χ0) is 12.8. The molecule has 0 aliphatic carbocycles. The Morgan fingerprint density at radius 1 is 1.06 bits per heavy atom. The first kappa shape index (κ1) is 12.8. The molecule has 2 aromatic rings. The van der Waals surface area contributed by atoms with E-state index in [0.717, 1.165) is 13.0 Å². The molecule has 0 aliphatic heterocycles. The van der Waals surface area contributed by atoms with E-state index in [1.54, 1.807) is 0 Å². The molecular formula is C16H20N2. The number of nitrogens with zero attached hydrogens (tertiary/aromatic N) is 1. The van der Waals surface area contributed by atoms with Crippen molar-refractivity contribution in [2.75, 3.05) is 6.54 Å². The molecule has 18 heavy (non-hydrogen) atoms. The summed E-state index contributed by atoms with van der Waals surface area (Å²) in [6.45, 7) is 5.27. The zero-order valence-corrected chi connectivity index (χ0v) is 11.1. The third-order valence-electron chi connectivity index (χ3n) is 3.14. The van der Waals surface area contributed by atoms with Gasteiger partial charge >= 0.3 is 0 Å². The third-order valence-corrected chi connectivity index (χ3v) is 3.14. The summed E-state index contributed by atoms with van der Waals surface area (Å²) >= 11 is 0. The first-order chi connectivity index (χ1) is 8.85. The van der Waals surface area contributed by atoms with Gasteiger partial charge in [-0.2, -0.15) is 0 Å². The van der Waals surface area contributed by atoms with Crippen molar-refractivity contribution >= 4 is 0 Å². The topological polar surface area (TPSA) is 24.9 Å². The average Bonchev–Trinajstić information content (AvgIpc) is 2.46. The standard InChI is InChI=1S/C16H20N2/c1-3-13-6-5-7-15(12-13)16(18-4-2)14-8-10-17-11-9-14/h5-12,16,18H,3-4H2,1-2H3. The van der Waals surface area contributed by atoms with Crippen molar-refractivity contribution in [3.8, 4) is 0 Å². The predicted molar refractivity (Wildman–Crippen MR) is 75.6 cm³/mol. The van der Waals surface area contributed by atoms with E-state index in [1.165, 1.54) is 16.7 Å². The minimum absolute atomic E-state index is 0.254. The van der Waals surface area contributed by atoms with Crippen molar-refractivity contribution in [1.82, 2.24) is 10.3 Å². The van der Waals surface area contributed by atoms with Gasteiger partial charge in [0.05, 0.1) is 6.04 Å². The molecule has 1 heterocycles. The van der Waals surface area contributed by atoms with Gasteiger partial charge in [0.1, 0.15) is 0 Å². The van der Waals surface area contributed by atoms with Gasteiger partial charge in [0, 0.05) is 12.4 Å². The monoisotopic (exact) mass is 240 g/mol. The molecule has 1 N–H and O–H groups in total. The van der Waals surface area contributed by atoms with E-state index in [1.807, 2.05) is 12.4 Å². The number of hydrogen-bond donors (Lipinski definition) is 1. The summed E-state index contributed by atoms with van der Waals surface area (Å²) in [5, 5.41) is 3.54. The second-order valence-corrected chi connectivity index (χ2v) is 4.37. The third kappa shape index (κ3) is 2.96. The van der Waals surface area contributed by atoms with Crippen molar-refractivity contribution < 1.29 is 0 Å². The number of nitrogens with one attached hydrogen (secondary N) is 1. The Balaban J connectivity index is 2.35. The number of hydrogen-bond acceptors (Lipinski definition) is 2. The maximum absolute atomic E-state index is 4.09. The Morgan fingerprint density at radius 3 is 2.50 bits per heavy atom. The molecule has 0 radical (unpaired) electrons. The van der Waals surface area contributed by atoms with Crippen LogP contribution in [-0.4, -0.2) is 11.5 Å². The lowest BCUT2D eigenvalue weighted by atomic mass is 9.97. The Bertz CT molecular complexity index is 479. The first-order valence-electron chi connectivity index (χ1n) is 6.57. The predicted octanol–water partition coefficient (Wildman–Crippen LogP) is 3.34. The van der Waals surface area contributed by atoms with Gasteiger partial charge in [-0.1, -0.05) is 38.1 Å². The fourth-order valence-electron chi connectivity index (χ4n) is 2.18. The second kappa shape index (κ2) is 6.31. The molecular weight excluding hydrogens is 220 g/mol. The molecule has 1 aromatic carbocycles. The van der Waals surface area contributed by atoms with Crippen LogP contribution in [0.25, 0.3) is 0 Å². The highest BCUT2D eigenvalue weighted by molar-refractivity contribution is 5.33. The molecule has 2 rings (SSSR count). The van der Waals surface area contributed by atoms with Crippen LogP contribution in [0, 0.1) is 0 Å². The highest BCUT2D eigenvalue weighted by Gasteiger charge is 2.12. The Morgan fingerprint density at radius 2 is 1.83 bits per heavy atom. The van der Waals surface area contributed by atoms with Crippen molar-refractivity contribution in [3.63, 3.8) is 0 Å². The van der Waals surface area contributed by atoms with Gasteiger partial charge in [0.15, 0.2) is 0 Å². The van der Waals surface area contributed by atoms with Crippen molar-refractivity contribution in [3.05, 3.63) is 65.5 Å². The minimum atomic E-state index is 0.254. The number of aromatic nitrogens is 1. The maximum atomic E-state index is 4.09. The lowest BCUT2D eigenvalue weighted by Gasteiger charge is -2.19. The smallest absolute Gasteiger partial charge is 0.0577 e. The molecule has 0 aliphatic rings. The van der Waals surface area contributed by atoms with E-state index in [2.05, 4.69) is 60.5 Å². The molecule has 1 atom stereocenters. The summed E-state index contributed by atoms with van der Waals surface area (Å²) < 4.78 is 0. The fraction of sp³-hybridized carbons (Fsp3) is 0.312. The largest absolute Gasteiger partial charge is 0.307 e. The summed E-state index contributed by atoms with van der Waals surface area (Å²) in [5.74, 6) is 0. The Labute approximate surface area is 109 Å². The molecule has 0 spiro atoms. The van der Waals surface area contributed by atoms with E-state index in [0.29, 0.717) is 0 Å². The molecule has 2 nitrogen and oxygen atoms in total. The van der Waals surface area contributed by atoms with Crippen molar-refractivity contribution in [2.24, 2.45) is 0 Å². The molecule has 0 saturated heterocycles. The SMILES string of the molecule is CCNC(c1ccncc1)c1cccc(CC)c1. The summed E-state index contributed by atoms with van der Waals surface area (Å²) in [7, 11) is 0. The summed E-state index contributed by atoms with van der Waals surface area (Å²) in [6, 6.07) is 13.2. The molecule has 94 valence electrons. The van der Waals surface area contributed by atoms with Crippen LogP contribution in [0.4, 0.5) is 0 Å². The van der Waals surface area contributed by atoms with Crippen LogP contribution >= 0.6 is 0 Å². The lowest BCUT2D eigenvalue weighted by molar-refractivity contribution is 0.629. The van der Waals surface area contributed by atoms with E-state index in [9.17, 15) is 0 Å². The summed E-state index contributed by atoms with van der Waals surface area (Å²) in [6.07, 6.45) is 4.77. The number of rotatable bonds is 5. The maximum Gasteiger partial charge on any atom is 0.0577 e. The van der Waals surface area contributed by atoms with Gasteiger partial charge in [-0.05, 0) is 41.8 Å². The van der Waals surface area contributed by atoms with Crippen LogP contribution in [-0.2, 0) is 6.42 Å². The molecule has 0 bridgehead atoms. The average molecular weight is 240 g/mol. The summed E-state index contributed by atoms with van der Waals surface area (Å²) in [5.41, 5.74) is 3.96. The number of benzene rings is 1. The van der Waals surface area contributed by atoms with Gasteiger partial charge in [0.2, 0.25) is 0 Å². The van der Waals surface area contributed by atoms with Gasteiger partial charge in [-0.25, -0.2) is 0 Å². The summed E-state index contributed by atoms with van der Waals surface area (Å²) in [4.78, 5) is 4.09. The molecule has 0 amide bonds. The minimum Gasteiger partial charge on any atom is -0.307 e. The van der Waals surface area contributed by atoms with Crippen LogP contribution in [0.1, 0.15) is 36.6 Å². The van der Waals surface area contributed by atoms with Gasteiger partial charge in [0.25, 0.3) is 0 Å². The van der Waals surface area contributed by atoms with Gasteiger partial charge in [-0.15, -0.1) is 0 Å². The van der Waals surface area contributed by atoms with Gasteiger partial charge < -0.3 is 5.32 Å². The van der Waals surface area contributed by atoms with Crippen molar-refractivity contribution in [1.29, 1.82) is 0 Å². The second-order valence-electron chi connectivity index (χ2n) is 4.37. The highest BCUT2D eigenvalue weighted by Crippen LogP contribution is 2.22. The fourth-order valence-corrected chi connectivity index (χ4v) is 2.18. The van der Waals surface area contributed by atoms with Crippen molar-refractivity contribution in [2.45, 2.75) is 26.3 Å². The zero-order valence-electron chi connectivity index (χ0n) is 11.1. The van der Waals surface area contributed by atoms with Gasteiger partial charge in [-0.3, -0.25) is 4.98 Å². The molecule has 1 unspecified atom stereocenters. The van der Waals surface area contributed by atoms with Crippen LogP contribution in [0.2, 0.25) is 0 Å². The van der Waals surface area contributed by atoms with Crippen LogP contribution in [0.3, 0.4) is 0 Å². The van der Waals surface area contributed by atoms with E-state index in [4.69, 9.17) is 0 Å². The molecule has 0 saturated carbocycles.